The van der Waals surface area contributed by atoms with Crippen LogP contribution in [0.3, 0.4) is 0 Å². The smallest absolute Gasteiger partial charge is 0.0194 e. The van der Waals surface area contributed by atoms with E-state index in [9.17, 15) is 0 Å². The fraction of sp³-hybridized carbons (Fsp3) is 0.833. The number of hydrogen-bond donors (Lipinski definition) is 0. The summed E-state index contributed by atoms with van der Waals surface area (Å²) in [4.78, 5) is 4.99. The molecule has 80 valence electrons. The summed E-state index contributed by atoms with van der Waals surface area (Å²) in [5.41, 5.74) is 0. The molecule has 0 aromatic carbocycles. The van der Waals surface area contributed by atoms with E-state index < -0.39 is 0 Å². The molecule has 2 nitrogen and oxygen atoms in total. The van der Waals surface area contributed by atoms with Crippen LogP contribution in [0.5, 0.6) is 0 Å². The standard InChI is InChI=1S/C12H22N2/c1-4-5-6-9-14-10-7-8-13(3)11-12(14)2/h1,12H,5-11H2,2-3H3. The van der Waals surface area contributed by atoms with Crippen LogP contribution in [0.15, 0.2) is 0 Å². The molecule has 1 aliphatic rings. The lowest BCUT2D eigenvalue weighted by atomic mass is 10.2. The monoisotopic (exact) mass is 194 g/mol. The Labute approximate surface area is 88.3 Å². The minimum atomic E-state index is 0.681. The summed E-state index contributed by atoms with van der Waals surface area (Å²) in [5, 5.41) is 0. The molecule has 0 saturated carbocycles. The summed E-state index contributed by atoms with van der Waals surface area (Å²) in [6, 6.07) is 0.681. The predicted octanol–water partition coefficient (Wildman–Crippen LogP) is 1.43. The molecule has 0 spiro atoms. The molecule has 1 fully saturated rings. The van der Waals surface area contributed by atoms with Gasteiger partial charge in [0.1, 0.15) is 0 Å². The maximum atomic E-state index is 5.25. The fourth-order valence-electron chi connectivity index (χ4n) is 2.14. The van der Waals surface area contributed by atoms with Crippen LogP contribution < -0.4 is 0 Å². The van der Waals surface area contributed by atoms with Crippen LogP contribution in [-0.2, 0) is 0 Å². The second-order valence-electron chi connectivity index (χ2n) is 4.31. The van der Waals surface area contributed by atoms with E-state index in [2.05, 4.69) is 29.7 Å². The predicted molar refractivity (Wildman–Crippen MR) is 61.2 cm³/mol. The molecule has 14 heavy (non-hydrogen) atoms. The van der Waals surface area contributed by atoms with E-state index in [-0.39, 0.29) is 0 Å². The third-order valence-corrected chi connectivity index (χ3v) is 2.95. The number of likely N-dealkylation sites (N-methyl/N-ethyl adjacent to an activating group) is 1. The zero-order chi connectivity index (χ0) is 10.4. The highest BCUT2D eigenvalue weighted by Crippen LogP contribution is 2.09. The topological polar surface area (TPSA) is 6.48 Å². The Morgan fingerprint density at radius 3 is 2.93 bits per heavy atom. The number of hydrogen-bond acceptors (Lipinski definition) is 2. The van der Waals surface area contributed by atoms with Crippen molar-refractivity contribution in [1.29, 1.82) is 0 Å². The molecule has 1 atom stereocenters. The summed E-state index contributed by atoms with van der Waals surface area (Å²) in [6.07, 6.45) is 8.60. The summed E-state index contributed by atoms with van der Waals surface area (Å²) in [5.74, 6) is 2.71. The van der Waals surface area contributed by atoms with Crippen molar-refractivity contribution >= 4 is 0 Å². The lowest BCUT2D eigenvalue weighted by molar-refractivity contribution is 0.201. The molecule has 1 saturated heterocycles. The lowest BCUT2D eigenvalue weighted by Gasteiger charge is -2.27. The van der Waals surface area contributed by atoms with Crippen molar-refractivity contribution < 1.29 is 0 Å². The van der Waals surface area contributed by atoms with Crippen molar-refractivity contribution in [1.82, 2.24) is 9.80 Å². The van der Waals surface area contributed by atoms with E-state index in [1.54, 1.807) is 0 Å². The molecule has 0 amide bonds. The third kappa shape index (κ3) is 3.69. The van der Waals surface area contributed by atoms with Gasteiger partial charge in [-0.3, -0.25) is 4.90 Å². The highest BCUT2D eigenvalue weighted by atomic mass is 15.2. The van der Waals surface area contributed by atoms with Gasteiger partial charge in [-0.1, -0.05) is 0 Å². The van der Waals surface area contributed by atoms with Gasteiger partial charge < -0.3 is 4.90 Å². The minimum absolute atomic E-state index is 0.681. The summed E-state index contributed by atoms with van der Waals surface area (Å²) in [7, 11) is 2.21. The van der Waals surface area contributed by atoms with Gasteiger partial charge in [0.05, 0.1) is 0 Å². The van der Waals surface area contributed by atoms with Crippen molar-refractivity contribution in [3.63, 3.8) is 0 Å². The van der Waals surface area contributed by atoms with Gasteiger partial charge >= 0.3 is 0 Å². The highest BCUT2D eigenvalue weighted by Gasteiger charge is 2.18. The van der Waals surface area contributed by atoms with Gasteiger partial charge in [0.25, 0.3) is 0 Å². The van der Waals surface area contributed by atoms with Gasteiger partial charge in [0, 0.05) is 19.0 Å². The van der Waals surface area contributed by atoms with E-state index in [0.29, 0.717) is 6.04 Å². The van der Waals surface area contributed by atoms with Crippen molar-refractivity contribution in [3.8, 4) is 12.3 Å². The summed E-state index contributed by atoms with van der Waals surface area (Å²) < 4.78 is 0. The van der Waals surface area contributed by atoms with Crippen LogP contribution in [0.25, 0.3) is 0 Å². The number of rotatable bonds is 3. The van der Waals surface area contributed by atoms with Crippen LogP contribution >= 0.6 is 0 Å². The first kappa shape index (κ1) is 11.6. The van der Waals surface area contributed by atoms with Crippen molar-refractivity contribution in [2.45, 2.75) is 32.2 Å². The van der Waals surface area contributed by atoms with E-state index in [4.69, 9.17) is 6.42 Å². The molecule has 0 aliphatic carbocycles. The van der Waals surface area contributed by atoms with Gasteiger partial charge in [-0.05, 0) is 46.4 Å². The average molecular weight is 194 g/mol. The van der Waals surface area contributed by atoms with E-state index >= 15 is 0 Å². The largest absolute Gasteiger partial charge is 0.305 e. The van der Waals surface area contributed by atoms with Crippen LogP contribution in [-0.4, -0.2) is 49.1 Å². The van der Waals surface area contributed by atoms with Crippen LogP contribution in [0.2, 0.25) is 0 Å². The quantitative estimate of drug-likeness (QED) is 0.495. The van der Waals surface area contributed by atoms with Gasteiger partial charge in [-0.15, -0.1) is 12.3 Å². The molecule has 1 aliphatic heterocycles. The number of nitrogens with zero attached hydrogens (tertiary/aromatic N) is 2. The first-order chi connectivity index (χ1) is 6.74. The Hall–Kier alpha value is -0.520. The first-order valence-electron chi connectivity index (χ1n) is 5.60. The maximum Gasteiger partial charge on any atom is 0.0194 e. The molecular formula is C12H22N2. The van der Waals surface area contributed by atoms with Crippen LogP contribution in [0.4, 0.5) is 0 Å². The second kappa shape index (κ2) is 6.06. The fourth-order valence-corrected chi connectivity index (χ4v) is 2.14. The SMILES string of the molecule is C#CCCCN1CCCN(C)CC1C. The Morgan fingerprint density at radius 1 is 1.43 bits per heavy atom. The number of unbranched alkanes of at least 4 members (excludes halogenated alkanes) is 1. The first-order valence-corrected chi connectivity index (χ1v) is 5.60. The van der Waals surface area contributed by atoms with Crippen LogP contribution in [0, 0.1) is 12.3 Å². The summed E-state index contributed by atoms with van der Waals surface area (Å²) in [6.45, 7) is 7.14. The number of terminal acetylenes is 1. The van der Waals surface area contributed by atoms with Gasteiger partial charge in [-0.2, -0.15) is 0 Å². The second-order valence-corrected chi connectivity index (χ2v) is 4.31. The molecular weight excluding hydrogens is 172 g/mol. The molecule has 1 unspecified atom stereocenters. The highest BCUT2D eigenvalue weighted by molar-refractivity contribution is 4.84. The molecule has 2 heteroatoms. The minimum Gasteiger partial charge on any atom is -0.305 e. The Morgan fingerprint density at radius 2 is 2.21 bits per heavy atom. The molecule has 0 N–H and O–H groups in total. The molecule has 0 aromatic heterocycles. The Bertz CT molecular complexity index is 195. The van der Waals surface area contributed by atoms with Gasteiger partial charge in [0.15, 0.2) is 0 Å². The molecule has 0 bridgehead atoms. The van der Waals surface area contributed by atoms with Gasteiger partial charge in [0.2, 0.25) is 0 Å². The van der Waals surface area contributed by atoms with Crippen molar-refractivity contribution in [2.24, 2.45) is 0 Å². The molecule has 0 aromatic rings. The van der Waals surface area contributed by atoms with E-state index in [1.165, 1.54) is 32.6 Å². The zero-order valence-electron chi connectivity index (χ0n) is 9.50. The average Bonchev–Trinajstić information content (AvgIpc) is 2.29. The molecule has 1 rings (SSSR count). The maximum absolute atomic E-state index is 5.25. The zero-order valence-corrected chi connectivity index (χ0v) is 9.50. The van der Waals surface area contributed by atoms with E-state index in [0.717, 1.165) is 12.8 Å². The van der Waals surface area contributed by atoms with Gasteiger partial charge in [-0.25, -0.2) is 0 Å². The van der Waals surface area contributed by atoms with Crippen LogP contribution in [0.1, 0.15) is 26.2 Å². The third-order valence-electron chi connectivity index (χ3n) is 2.95. The molecule has 1 heterocycles. The lowest BCUT2D eigenvalue weighted by Crippen LogP contribution is -2.38. The normalized spacial score (nSPS) is 25.6. The summed E-state index contributed by atoms with van der Waals surface area (Å²) >= 11 is 0. The Balaban J connectivity index is 2.31. The van der Waals surface area contributed by atoms with Crippen molar-refractivity contribution in [3.05, 3.63) is 0 Å². The molecule has 0 radical (unpaired) electrons. The van der Waals surface area contributed by atoms with E-state index in [1.807, 2.05) is 0 Å². The van der Waals surface area contributed by atoms with Crippen molar-refractivity contribution in [2.75, 3.05) is 33.2 Å². The Kier molecular flexibility index (Phi) is 5.00.